The third-order valence-electron chi connectivity index (χ3n) is 7.16. The molecule has 36 heavy (non-hydrogen) atoms. The number of unbranched alkanes of at least 4 members (excludes halogenated alkanes) is 1. The molecule has 0 aliphatic carbocycles. The van der Waals surface area contributed by atoms with Crippen molar-refractivity contribution in [2.24, 2.45) is 5.92 Å². The van der Waals surface area contributed by atoms with E-state index in [1.165, 1.54) is 22.3 Å². The topological polar surface area (TPSA) is 72.5 Å². The van der Waals surface area contributed by atoms with Crippen LogP contribution < -0.4 is 9.80 Å². The van der Waals surface area contributed by atoms with Crippen LogP contribution in [-0.2, 0) is 6.42 Å². The first-order valence-corrected chi connectivity index (χ1v) is 13.8. The van der Waals surface area contributed by atoms with Crippen molar-refractivity contribution in [1.29, 1.82) is 0 Å². The first-order chi connectivity index (χ1) is 17.6. The van der Waals surface area contributed by atoms with Crippen LogP contribution in [0.15, 0.2) is 60.9 Å². The Kier molecular flexibility index (Phi) is 7.56. The predicted octanol–water partition coefficient (Wildman–Crippen LogP) is 6.28. The van der Waals surface area contributed by atoms with E-state index in [1.807, 2.05) is 12.1 Å². The minimum absolute atomic E-state index is 0.211. The number of phenolic OH excluding ortho intramolecular Hbond substituents is 1. The molecule has 0 bridgehead atoms. The maximum atomic E-state index is 13.3. The highest BCUT2D eigenvalue weighted by atomic mass is 32.1. The zero-order chi connectivity index (χ0) is 24.9. The number of carbonyl (C=O) groups excluding carboxylic acids is 1. The molecule has 2 aromatic heterocycles. The molecular formula is C29H34N4O2S. The van der Waals surface area contributed by atoms with Crippen LogP contribution in [0.2, 0.25) is 0 Å². The maximum Gasteiger partial charge on any atom is 0.186 e. The van der Waals surface area contributed by atoms with Gasteiger partial charge in [-0.25, -0.2) is 4.98 Å². The van der Waals surface area contributed by atoms with Gasteiger partial charge in [0.2, 0.25) is 0 Å². The number of rotatable bonds is 10. The molecule has 0 amide bonds. The Balaban J connectivity index is 1.20. The molecule has 1 unspecified atom stereocenters. The molecular weight excluding hydrogens is 468 g/mol. The van der Waals surface area contributed by atoms with Crippen molar-refractivity contribution >= 4 is 38.8 Å². The van der Waals surface area contributed by atoms with Crippen LogP contribution in [-0.4, -0.2) is 47.0 Å². The van der Waals surface area contributed by atoms with Gasteiger partial charge in [-0.3, -0.25) is 4.79 Å². The second-order valence-corrected chi connectivity index (χ2v) is 10.7. The van der Waals surface area contributed by atoms with E-state index >= 15 is 0 Å². The van der Waals surface area contributed by atoms with Crippen LogP contribution in [0.4, 0.5) is 10.8 Å². The van der Waals surface area contributed by atoms with E-state index in [0.717, 1.165) is 73.1 Å². The van der Waals surface area contributed by atoms with Gasteiger partial charge >= 0.3 is 0 Å². The van der Waals surface area contributed by atoms with Crippen molar-refractivity contribution in [3.05, 3.63) is 71.4 Å². The fourth-order valence-electron chi connectivity index (χ4n) is 5.10. The Morgan fingerprint density at radius 1 is 1.08 bits per heavy atom. The third kappa shape index (κ3) is 5.57. The molecule has 2 N–H and O–H groups in total. The number of hydrogen-bond donors (Lipinski definition) is 2. The van der Waals surface area contributed by atoms with Crippen LogP contribution in [0, 0.1) is 5.92 Å². The number of hydrogen-bond acceptors (Lipinski definition) is 6. The average Bonchev–Trinajstić information content (AvgIpc) is 3.56. The van der Waals surface area contributed by atoms with Gasteiger partial charge in [-0.1, -0.05) is 49.3 Å². The van der Waals surface area contributed by atoms with Gasteiger partial charge < -0.3 is 19.9 Å². The highest BCUT2D eigenvalue weighted by Gasteiger charge is 2.23. The standard InChI is InChI=1S/C29H34N4O2S/c1-2-3-6-21(17-22-19-30-26-8-5-4-7-25(22)26)18-27(35)28-20-31-29(36-28)33-15-13-32(14-16-33)23-9-11-24(34)12-10-23/h4-5,7-12,19-21,30,34H,2-3,6,13-18H2,1H3. The Labute approximate surface area is 216 Å². The summed E-state index contributed by atoms with van der Waals surface area (Å²) in [4.78, 5) is 26.7. The van der Waals surface area contributed by atoms with Gasteiger partial charge in [-0.15, -0.1) is 0 Å². The normalized spacial score (nSPS) is 14.9. The summed E-state index contributed by atoms with van der Waals surface area (Å²) in [5.74, 6) is 0.828. The summed E-state index contributed by atoms with van der Waals surface area (Å²) in [6.07, 6.45) is 8.70. The fraction of sp³-hybridized carbons (Fsp3) is 0.379. The molecule has 2 aromatic carbocycles. The van der Waals surface area contributed by atoms with Crippen LogP contribution >= 0.6 is 11.3 Å². The quantitative estimate of drug-likeness (QED) is 0.250. The van der Waals surface area contributed by atoms with Gasteiger partial charge in [0, 0.05) is 55.4 Å². The van der Waals surface area contributed by atoms with Gasteiger partial charge in [0.1, 0.15) is 5.75 Å². The molecule has 6 nitrogen and oxygen atoms in total. The highest BCUT2D eigenvalue weighted by molar-refractivity contribution is 7.17. The molecule has 1 saturated heterocycles. The van der Waals surface area contributed by atoms with Gasteiger partial charge in [-0.2, -0.15) is 0 Å². The number of piperazine rings is 1. The Hall–Kier alpha value is -3.32. The number of aromatic amines is 1. The summed E-state index contributed by atoms with van der Waals surface area (Å²) in [5, 5.41) is 11.7. The van der Waals surface area contributed by atoms with Crippen LogP contribution in [0.1, 0.15) is 47.8 Å². The van der Waals surface area contributed by atoms with Gasteiger partial charge in [0.15, 0.2) is 10.9 Å². The van der Waals surface area contributed by atoms with E-state index in [-0.39, 0.29) is 11.5 Å². The lowest BCUT2D eigenvalue weighted by atomic mass is 9.89. The van der Waals surface area contributed by atoms with E-state index in [4.69, 9.17) is 0 Å². The number of para-hydroxylation sites is 1. The van der Waals surface area contributed by atoms with Crippen molar-refractivity contribution in [3.8, 4) is 5.75 Å². The third-order valence-corrected chi connectivity index (χ3v) is 8.26. The van der Waals surface area contributed by atoms with E-state index in [9.17, 15) is 9.90 Å². The Morgan fingerprint density at radius 2 is 1.83 bits per heavy atom. The largest absolute Gasteiger partial charge is 0.508 e. The van der Waals surface area contributed by atoms with E-state index in [1.54, 1.807) is 18.3 Å². The van der Waals surface area contributed by atoms with Gasteiger partial charge in [-0.05, 0) is 54.7 Å². The molecule has 1 aliphatic rings. The smallest absolute Gasteiger partial charge is 0.186 e. The highest BCUT2D eigenvalue weighted by Crippen LogP contribution is 2.30. The number of thiazole rings is 1. The lowest BCUT2D eigenvalue weighted by Crippen LogP contribution is -2.46. The minimum atomic E-state index is 0.211. The fourth-order valence-corrected chi connectivity index (χ4v) is 6.02. The molecule has 7 heteroatoms. The number of anilines is 2. The molecule has 0 saturated carbocycles. The van der Waals surface area contributed by atoms with Crippen LogP contribution in [0.25, 0.3) is 10.9 Å². The van der Waals surface area contributed by atoms with Crippen molar-refractivity contribution in [1.82, 2.24) is 9.97 Å². The first-order valence-electron chi connectivity index (χ1n) is 12.9. The number of nitrogens with zero attached hydrogens (tertiary/aromatic N) is 3. The number of aromatic hydroxyl groups is 1. The number of H-pyrrole nitrogens is 1. The molecule has 5 rings (SSSR count). The second-order valence-electron chi connectivity index (χ2n) is 9.70. The SMILES string of the molecule is CCCCC(CC(=O)c1cnc(N2CCN(c3ccc(O)cc3)CC2)s1)Cc1c[nH]c2ccccc12. The summed E-state index contributed by atoms with van der Waals surface area (Å²) in [5.41, 5.74) is 3.58. The number of benzene rings is 2. The van der Waals surface area contributed by atoms with Crippen LogP contribution in [0.5, 0.6) is 5.75 Å². The summed E-state index contributed by atoms with van der Waals surface area (Å²) < 4.78 is 0. The molecule has 188 valence electrons. The Bertz CT molecular complexity index is 1290. The Morgan fingerprint density at radius 3 is 2.61 bits per heavy atom. The molecule has 1 atom stereocenters. The minimum Gasteiger partial charge on any atom is -0.508 e. The van der Waals surface area contributed by atoms with Crippen molar-refractivity contribution < 1.29 is 9.90 Å². The second kappa shape index (κ2) is 11.2. The molecule has 1 fully saturated rings. The lowest BCUT2D eigenvalue weighted by Gasteiger charge is -2.36. The van der Waals surface area contributed by atoms with Gasteiger partial charge in [0.25, 0.3) is 0 Å². The molecule has 3 heterocycles. The number of Topliss-reactive ketones (excluding diaryl/α,β-unsaturated/α-hetero) is 1. The average molecular weight is 503 g/mol. The van der Waals surface area contributed by atoms with Crippen molar-refractivity contribution in [2.75, 3.05) is 36.0 Å². The van der Waals surface area contributed by atoms with Crippen molar-refractivity contribution in [2.45, 2.75) is 39.0 Å². The van der Waals surface area contributed by atoms with E-state index in [0.29, 0.717) is 12.3 Å². The summed E-state index contributed by atoms with van der Waals surface area (Å²) in [6, 6.07) is 15.8. The summed E-state index contributed by atoms with van der Waals surface area (Å²) in [6.45, 7) is 5.71. The lowest BCUT2D eigenvalue weighted by molar-refractivity contribution is 0.0962. The molecule has 0 radical (unpaired) electrons. The molecule has 1 aliphatic heterocycles. The maximum absolute atomic E-state index is 13.3. The zero-order valence-corrected chi connectivity index (χ0v) is 21.6. The number of ketones is 1. The number of fused-ring (bicyclic) bond motifs is 1. The monoisotopic (exact) mass is 502 g/mol. The molecule has 0 spiro atoms. The summed E-state index contributed by atoms with van der Waals surface area (Å²) in [7, 11) is 0. The number of phenols is 1. The number of carbonyl (C=O) groups is 1. The number of aromatic nitrogens is 2. The zero-order valence-electron chi connectivity index (χ0n) is 20.8. The molecule has 4 aromatic rings. The van der Waals surface area contributed by atoms with Crippen LogP contribution in [0.3, 0.4) is 0 Å². The van der Waals surface area contributed by atoms with E-state index in [2.05, 4.69) is 57.2 Å². The first kappa shape index (κ1) is 24.4. The van der Waals surface area contributed by atoms with E-state index < -0.39 is 0 Å². The number of nitrogens with one attached hydrogen (secondary N) is 1. The van der Waals surface area contributed by atoms with Crippen molar-refractivity contribution in [3.63, 3.8) is 0 Å². The van der Waals surface area contributed by atoms with Gasteiger partial charge in [0.05, 0.1) is 11.1 Å². The predicted molar refractivity (Wildman–Crippen MR) is 149 cm³/mol. The summed E-state index contributed by atoms with van der Waals surface area (Å²) >= 11 is 1.53.